The zero-order valence-corrected chi connectivity index (χ0v) is 16.1. The molecule has 1 aromatic carbocycles. The summed E-state index contributed by atoms with van der Waals surface area (Å²) in [6.45, 7) is 1.96. The van der Waals surface area contributed by atoms with E-state index in [-0.39, 0.29) is 0 Å². The fourth-order valence-corrected chi connectivity index (χ4v) is 4.56. The highest BCUT2D eigenvalue weighted by atomic mass is 32.1. The Hall–Kier alpha value is -1.72. The lowest BCUT2D eigenvalue weighted by Gasteiger charge is -2.30. The van der Waals surface area contributed by atoms with Crippen molar-refractivity contribution in [3.05, 3.63) is 40.1 Å². The zero-order chi connectivity index (χ0) is 17.6. The third kappa shape index (κ3) is 3.93. The van der Waals surface area contributed by atoms with Gasteiger partial charge in [-0.25, -0.2) is 0 Å². The quantitative estimate of drug-likeness (QED) is 0.733. The minimum Gasteiger partial charge on any atom is -0.493 e. The maximum Gasteiger partial charge on any atom is 0.203 e. The Morgan fingerprint density at radius 3 is 2.52 bits per heavy atom. The van der Waals surface area contributed by atoms with E-state index in [0.717, 1.165) is 24.4 Å². The molecule has 4 nitrogen and oxygen atoms in total. The Morgan fingerprint density at radius 2 is 1.84 bits per heavy atom. The first-order chi connectivity index (χ1) is 12.3. The molecule has 2 aromatic rings. The van der Waals surface area contributed by atoms with E-state index in [1.807, 2.05) is 17.4 Å². The van der Waals surface area contributed by atoms with Crippen LogP contribution in [-0.2, 0) is 6.54 Å². The van der Waals surface area contributed by atoms with E-state index in [0.29, 0.717) is 17.5 Å². The molecule has 1 atom stereocenters. The third-order valence-electron chi connectivity index (χ3n) is 4.89. The van der Waals surface area contributed by atoms with Gasteiger partial charge in [-0.3, -0.25) is 4.90 Å². The zero-order valence-electron chi connectivity index (χ0n) is 15.3. The topological polar surface area (TPSA) is 30.9 Å². The van der Waals surface area contributed by atoms with Crippen LogP contribution in [0.5, 0.6) is 17.2 Å². The summed E-state index contributed by atoms with van der Waals surface area (Å²) in [5.41, 5.74) is 1.14. The normalized spacial score (nSPS) is 18.6. The minimum atomic E-state index is 0.486. The van der Waals surface area contributed by atoms with Gasteiger partial charge in [0, 0.05) is 23.0 Å². The van der Waals surface area contributed by atoms with Gasteiger partial charge < -0.3 is 14.2 Å². The fourth-order valence-electron chi connectivity index (χ4n) is 3.67. The summed E-state index contributed by atoms with van der Waals surface area (Å²) in [6, 6.07) is 8.96. The van der Waals surface area contributed by atoms with Gasteiger partial charge >= 0.3 is 0 Å². The van der Waals surface area contributed by atoms with Crippen LogP contribution in [0.2, 0.25) is 0 Å². The van der Waals surface area contributed by atoms with Crippen LogP contribution in [0, 0.1) is 0 Å². The average molecular weight is 362 g/mol. The monoisotopic (exact) mass is 361 g/mol. The summed E-state index contributed by atoms with van der Waals surface area (Å²) in [6.07, 6.45) is 5.07. The first kappa shape index (κ1) is 18.1. The SMILES string of the molecule is COc1ccc(CN2CCCCCC2c2cccs2)c(OC)c1OC. The van der Waals surface area contributed by atoms with Crippen molar-refractivity contribution in [3.63, 3.8) is 0 Å². The van der Waals surface area contributed by atoms with Crippen LogP contribution in [0.3, 0.4) is 0 Å². The molecular formula is C20H27NO3S. The van der Waals surface area contributed by atoms with Crippen molar-refractivity contribution in [2.75, 3.05) is 27.9 Å². The first-order valence-corrected chi connectivity index (χ1v) is 9.71. The van der Waals surface area contributed by atoms with Crippen molar-refractivity contribution < 1.29 is 14.2 Å². The van der Waals surface area contributed by atoms with Crippen molar-refractivity contribution in [2.24, 2.45) is 0 Å². The van der Waals surface area contributed by atoms with Gasteiger partial charge in [-0.15, -0.1) is 11.3 Å². The number of benzene rings is 1. The summed E-state index contributed by atoms with van der Waals surface area (Å²) in [4.78, 5) is 4.05. The molecule has 0 aliphatic carbocycles. The second-order valence-corrected chi connectivity index (χ2v) is 7.32. The molecule has 0 amide bonds. The predicted octanol–water partition coefficient (Wildman–Crippen LogP) is 4.89. The Bertz CT molecular complexity index is 672. The molecule has 5 heteroatoms. The third-order valence-corrected chi connectivity index (χ3v) is 5.87. The number of hydrogen-bond donors (Lipinski definition) is 0. The van der Waals surface area contributed by atoms with Crippen LogP contribution < -0.4 is 14.2 Å². The molecule has 25 heavy (non-hydrogen) atoms. The molecule has 0 saturated carbocycles. The van der Waals surface area contributed by atoms with Gasteiger partial charge in [-0.05, 0) is 36.9 Å². The maximum absolute atomic E-state index is 5.68. The lowest BCUT2D eigenvalue weighted by atomic mass is 10.1. The highest BCUT2D eigenvalue weighted by molar-refractivity contribution is 7.10. The van der Waals surface area contributed by atoms with Crippen LogP contribution >= 0.6 is 11.3 Å². The van der Waals surface area contributed by atoms with Crippen LogP contribution in [0.4, 0.5) is 0 Å². The molecule has 136 valence electrons. The van der Waals surface area contributed by atoms with E-state index in [2.05, 4.69) is 28.5 Å². The van der Waals surface area contributed by atoms with E-state index in [4.69, 9.17) is 14.2 Å². The van der Waals surface area contributed by atoms with Crippen molar-refractivity contribution in [3.8, 4) is 17.2 Å². The standard InChI is InChI=1S/C20H27NO3S/c1-22-17-11-10-15(19(23-2)20(17)24-3)14-21-12-6-4-5-8-16(21)18-9-7-13-25-18/h7,9-11,13,16H,4-6,8,12,14H2,1-3H3. The Morgan fingerprint density at radius 1 is 1.00 bits per heavy atom. The first-order valence-electron chi connectivity index (χ1n) is 8.83. The summed E-state index contributed by atoms with van der Waals surface area (Å²) < 4.78 is 16.6. The molecule has 1 fully saturated rings. The molecule has 0 radical (unpaired) electrons. The van der Waals surface area contributed by atoms with Crippen molar-refractivity contribution >= 4 is 11.3 Å². The van der Waals surface area contributed by atoms with Gasteiger partial charge in [0.15, 0.2) is 11.5 Å². The van der Waals surface area contributed by atoms with E-state index in [1.165, 1.54) is 30.6 Å². The predicted molar refractivity (Wildman–Crippen MR) is 102 cm³/mol. The number of nitrogens with zero attached hydrogens (tertiary/aromatic N) is 1. The minimum absolute atomic E-state index is 0.486. The van der Waals surface area contributed by atoms with E-state index in [1.54, 1.807) is 21.3 Å². The van der Waals surface area contributed by atoms with E-state index < -0.39 is 0 Å². The summed E-state index contributed by atoms with van der Waals surface area (Å²) in [5.74, 6) is 2.15. The number of rotatable bonds is 6. The fraction of sp³-hybridized carbons (Fsp3) is 0.500. The van der Waals surface area contributed by atoms with Crippen LogP contribution in [0.1, 0.15) is 42.2 Å². The smallest absolute Gasteiger partial charge is 0.203 e. The van der Waals surface area contributed by atoms with Crippen molar-refractivity contribution in [1.82, 2.24) is 4.90 Å². The molecule has 3 rings (SSSR count). The summed E-state index contributed by atoms with van der Waals surface area (Å²) in [7, 11) is 5.00. The lowest BCUT2D eigenvalue weighted by molar-refractivity contribution is 0.192. The number of thiophene rings is 1. The summed E-state index contributed by atoms with van der Waals surface area (Å²) >= 11 is 1.86. The van der Waals surface area contributed by atoms with E-state index >= 15 is 0 Å². The Labute approximate surface area is 154 Å². The lowest BCUT2D eigenvalue weighted by Crippen LogP contribution is -2.27. The van der Waals surface area contributed by atoms with Gasteiger partial charge in [-0.2, -0.15) is 0 Å². The van der Waals surface area contributed by atoms with Gasteiger partial charge in [0.1, 0.15) is 0 Å². The highest BCUT2D eigenvalue weighted by Gasteiger charge is 2.25. The molecule has 2 heterocycles. The average Bonchev–Trinajstić information content (AvgIpc) is 3.08. The molecule has 1 saturated heterocycles. The number of methoxy groups -OCH3 is 3. The molecule has 1 aliphatic heterocycles. The Balaban J connectivity index is 1.91. The van der Waals surface area contributed by atoms with E-state index in [9.17, 15) is 0 Å². The number of likely N-dealkylation sites (tertiary alicyclic amines) is 1. The van der Waals surface area contributed by atoms with Gasteiger partial charge in [-0.1, -0.05) is 25.0 Å². The van der Waals surface area contributed by atoms with Crippen LogP contribution in [0.25, 0.3) is 0 Å². The van der Waals surface area contributed by atoms with Crippen LogP contribution in [0.15, 0.2) is 29.6 Å². The molecule has 0 N–H and O–H groups in total. The van der Waals surface area contributed by atoms with Gasteiger partial charge in [0.25, 0.3) is 0 Å². The largest absolute Gasteiger partial charge is 0.493 e. The van der Waals surface area contributed by atoms with Gasteiger partial charge in [0.2, 0.25) is 5.75 Å². The molecule has 0 bridgehead atoms. The van der Waals surface area contributed by atoms with Gasteiger partial charge in [0.05, 0.1) is 21.3 Å². The summed E-state index contributed by atoms with van der Waals surface area (Å²) in [5, 5.41) is 2.18. The second-order valence-electron chi connectivity index (χ2n) is 6.34. The van der Waals surface area contributed by atoms with Crippen molar-refractivity contribution in [1.29, 1.82) is 0 Å². The molecule has 1 aromatic heterocycles. The molecule has 1 aliphatic rings. The second kappa shape index (κ2) is 8.59. The Kier molecular flexibility index (Phi) is 6.21. The number of ether oxygens (including phenoxy) is 3. The molecule has 0 spiro atoms. The molecular weight excluding hydrogens is 334 g/mol. The highest BCUT2D eigenvalue weighted by Crippen LogP contribution is 2.42. The van der Waals surface area contributed by atoms with Crippen LogP contribution in [-0.4, -0.2) is 32.8 Å². The van der Waals surface area contributed by atoms with Crippen molar-refractivity contribution in [2.45, 2.75) is 38.3 Å². The number of hydrogen-bond acceptors (Lipinski definition) is 5. The molecule has 1 unspecified atom stereocenters. The maximum atomic E-state index is 5.68.